The van der Waals surface area contributed by atoms with E-state index in [-0.39, 0.29) is 5.91 Å². The summed E-state index contributed by atoms with van der Waals surface area (Å²) < 4.78 is 5.20. The highest BCUT2D eigenvalue weighted by Gasteiger charge is 2.11. The Labute approximate surface area is 122 Å². The van der Waals surface area contributed by atoms with Crippen LogP contribution in [0, 0.1) is 0 Å². The number of amides is 1. The molecular weight excluding hydrogens is 264 g/mol. The fourth-order valence-corrected chi connectivity index (χ4v) is 2.17. The lowest BCUT2D eigenvalue weighted by atomic mass is 10.1. The van der Waals surface area contributed by atoms with E-state index >= 15 is 0 Å². The van der Waals surface area contributed by atoms with Gasteiger partial charge in [0, 0.05) is 5.39 Å². The number of methoxy groups -OCH3 is 1. The fourth-order valence-electron chi connectivity index (χ4n) is 2.17. The van der Waals surface area contributed by atoms with Gasteiger partial charge in [-0.15, -0.1) is 0 Å². The maximum Gasteiger partial charge on any atom is 0.259 e. The lowest BCUT2D eigenvalue weighted by molar-refractivity contribution is 0.102. The minimum absolute atomic E-state index is 0.218. The number of para-hydroxylation sites is 2. The van der Waals surface area contributed by atoms with Crippen LogP contribution in [-0.2, 0) is 0 Å². The summed E-state index contributed by atoms with van der Waals surface area (Å²) in [6.07, 6.45) is 1.65. The Bertz CT molecular complexity index is 799. The number of aromatic nitrogens is 1. The second-order valence-electron chi connectivity index (χ2n) is 4.57. The summed E-state index contributed by atoms with van der Waals surface area (Å²) in [5.74, 6) is 0.327. The smallest absolute Gasteiger partial charge is 0.259 e. The molecule has 0 fully saturated rings. The van der Waals surface area contributed by atoms with Crippen molar-refractivity contribution in [1.82, 2.24) is 4.98 Å². The van der Waals surface area contributed by atoms with Crippen molar-refractivity contribution in [3.05, 3.63) is 66.4 Å². The Morgan fingerprint density at radius 1 is 1.10 bits per heavy atom. The molecule has 0 aliphatic carbocycles. The van der Waals surface area contributed by atoms with Gasteiger partial charge in [-0.2, -0.15) is 0 Å². The van der Waals surface area contributed by atoms with Crippen LogP contribution in [0.1, 0.15) is 10.4 Å². The summed E-state index contributed by atoms with van der Waals surface area (Å²) >= 11 is 0. The Kier molecular flexibility index (Phi) is 3.51. The minimum atomic E-state index is -0.218. The van der Waals surface area contributed by atoms with Crippen molar-refractivity contribution in [3.8, 4) is 5.75 Å². The molecule has 0 unspecified atom stereocenters. The maximum atomic E-state index is 12.3. The van der Waals surface area contributed by atoms with Crippen molar-refractivity contribution in [2.45, 2.75) is 0 Å². The first-order valence-electron chi connectivity index (χ1n) is 6.57. The van der Waals surface area contributed by atoms with Gasteiger partial charge in [-0.3, -0.25) is 9.78 Å². The summed E-state index contributed by atoms with van der Waals surface area (Å²) in [6.45, 7) is 0. The molecule has 0 aliphatic heterocycles. The van der Waals surface area contributed by atoms with E-state index in [2.05, 4.69) is 10.3 Å². The highest BCUT2D eigenvalue weighted by Crippen LogP contribution is 2.20. The average molecular weight is 278 g/mol. The second-order valence-corrected chi connectivity index (χ2v) is 4.57. The van der Waals surface area contributed by atoms with Gasteiger partial charge in [0.15, 0.2) is 0 Å². The van der Waals surface area contributed by atoms with Crippen LogP contribution < -0.4 is 10.1 Å². The molecule has 21 heavy (non-hydrogen) atoms. The Balaban J connectivity index is 1.89. The van der Waals surface area contributed by atoms with E-state index in [4.69, 9.17) is 4.74 Å². The normalized spacial score (nSPS) is 10.3. The number of anilines is 1. The van der Waals surface area contributed by atoms with E-state index in [1.165, 1.54) is 0 Å². The molecule has 0 spiro atoms. The van der Waals surface area contributed by atoms with E-state index in [0.717, 1.165) is 10.9 Å². The van der Waals surface area contributed by atoms with Crippen molar-refractivity contribution in [2.24, 2.45) is 0 Å². The number of pyridine rings is 1. The molecule has 3 rings (SSSR count). The molecule has 1 amide bonds. The zero-order valence-electron chi connectivity index (χ0n) is 11.5. The summed E-state index contributed by atoms with van der Waals surface area (Å²) in [4.78, 5) is 16.6. The lowest BCUT2D eigenvalue weighted by Crippen LogP contribution is -2.13. The van der Waals surface area contributed by atoms with Crippen molar-refractivity contribution < 1.29 is 9.53 Å². The van der Waals surface area contributed by atoms with Gasteiger partial charge in [-0.25, -0.2) is 0 Å². The molecule has 0 bridgehead atoms. The molecule has 104 valence electrons. The Hall–Kier alpha value is -2.88. The number of nitrogens with one attached hydrogen (secondary N) is 1. The second kappa shape index (κ2) is 5.63. The summed E-state index contributed by atoms with van der Waals surface area (Å²) in [5.41, 5.74) is 2.05. The first kappa shape index (κ1) is 13.1. The molecule has 0 radical (unpaired) electrons. The fraction of sp³-hybridized carbons (Fsp3) is 0.0588. The number of benzene rings is 2. The van der Waals surface area contributed by atoms with Gasteiger partial charge in [-0.05, 0) is 24.3 Å². The van der Waals surface area contributed by atoms with Gasteiger partial charge >= 0.3 is 0 Å². The molecule has 4 nitrogen and oxygen atoms in total. The molecule has 1 aromatic heterocycles. The minimum Gasteiger partial charge on any atom is -0.496 e. The molecule has 0 atom stereocenters. The van der Waals surface area contributed by atoms with E-state index in [9.17, 15) is 4.79 Å². The third-order valence-electron chi connectivity index (χ3n) is 3.20. The highest BCUT2D eigenvalue weighted by molar-refractivity contribution is 6.06. The van der Waals surface area contributed by atoms with Gasteiger partial charge in [0.25, 0.3) is 5.91 Å². The predicted octanol–water partition coefficient (Wildman–Crippen LogP) is 3.50. The number of nitrogens with zero attached hydrogens (tertiary/aromatic N) is 1. The SMILES string of the molecule is COc1ccccc1C(=O)Nc1cnc2ccccc2c1. The maximum absolute atomic E-state index is 12.3. The van der Waals surface area contributed by atoms with Crippen LogP contribution in [0.2, 0.25) is 0 Å². The van der Waals surface area contributed by atoms with Gasteiger partial charge in [0.1, 0.15) is 5.75 Å². The Morgan fingerprint density at radius 3 is 2.71 bits per heavy atom. The first-order chi connectivity index (χ1) is 10.3. The third-order valence-corrected chi connectivity index (χ3v) is 3.20. The largest absolute Gasteiger partial charge is 0.496 e. The van der Waals surface area contributed by atoms with Gasteiger partial charge in [-0.1, -0.05) is 30.3 Å². The van der Waals surface area contributed by atoms with Crippen molar-refractivity contribution >= 4 is 22.5 Å². The Morgan fingerprint density at radius 2 is 1.86 bits per heavy atom. The van der Waals surface area contributed by atoms with Crippen LogP contribution in [0.4, 0.5) is 5.69 Å². The van der Waals surface area contributed by atoms with E-state index in [1.54, 1.807) is 31.5 Å². The van der Waals surface area contributed by atoms with Crippen molar-refractivity contribution in [2.75, 3.05) is 12.4 Å². The van der Waals surface area contributed by atoms with E-state index in [0.29, 0.717) is 17.0 Å². The van der Waals surface area contributed by atoms with Gasteiger partial charge < -0.3 is 10.1 Å². The van der Waals surface area contributed by atoms with E-state index in [1.807, 2.05) is 36.4 Å². The van der Waals surface area contributed by atoms with Crippen LogP contribution >= 0.6 is 0 Å². The number of fused-ring (bicyclic) bond motifs is 1. The molecule has 0 aliphatic rings. The molecule has 2 aromatic carbocycles. The molecule has 0 saturated heterocycles. The number of carbonyl (C=O) groups is 1. The summed E-state index contributed by atoms with van der Waals surface area (Å²) in [6, 6.07) is 16.8. The molecule has 3 aromatic rings. The van der Waals surface area contributed by atoms with Crippen LogP contribution in [0.15, 0.2) is 60.8 Å². The summed E-state index contributed by atoms with van der Waals surface area (Å²) in [7, 11) is 1.55. The number of ether oxygens (including phenoxy) is 1. The molecule has 4 heteroatoms. The quantitative estimate of drug-likeness (QED) is 0.797. The lowest BCUT2D eigenvalue weighted by Gasteiger charge is -2.09. The standard InChI is InChI=1S/C17H14N2O2/c1-21-16-9-5-3-7-14(16)17(20)19-13-10-12-6-2-4-8-15(12)18-11-13/h2-11H,1H3,(H,19,20). The van der Waals surface area contributed by atoms with Gasteiger partial charge in [0.05, 0.1) is 30.1 Å². The first-order valence-corrected chi connectivity index (χ1v) is 6.57. The zero-order chi connectivity index (χ0) is 14.7. The van der Waals surface area contributed by atoms with E-state index < -0.39 is 0 Å². The average Bonchev–Trinajstić information content (AvgIpc) is 2.54. The number of carbonyl (C=O) groups excluding carboxylic acids is 1. The van der Waals surface area contributed by atoms with Crippen LogP contribution in [0.25, 0.3) is 10.9 Å². The number of rotatable bonds is 3. The van der Waals surface area contributed by atoms with Gasteiger partial charge in [0.2, 0.25) is 0 Å². The highest BCUT2D eigenvalue weighted by atomic mass is 16.5. The van der Waals surface area contributed by atoms with Crippen molar-refractivity contribution in [3.63, 3.8) is 0 Å². The van der Waals surface area contributed by atoms with Crippen LogP contribution in [-0.4, -0.2) is 18.0 Å². The number of hydrogen-bond acceptors (Lipinski definition) is 3. The summed E-state index contributed by atoms with van der Waals surface area (Å²) in [5, 5.41) is 3.83. The monoisotopic (exact) mass is 278 g/mol. The predicted molar refractivity (Wildman–Crippen MR) is 82.7 cm³/mol. The molecule has 1 heterocycles. The van der Waals surface area contributed by atoms with Crippen LogP contribution in [0.5, 0.6) is 5.75 Å². The zero-order valence-corrected chi connectivity index (χ0v) is 11.5. The molecule has 0 saturated carbocycles. The third kappa shape index (κ3) is 2.69. The molecular formula is C17H14N2O2. The molecule has 1 N–H and O–H groups in total. The number of hydrogen-bond donors (Lipinski definition) is 1. The van der Waals surface area contributed by atoms with Crippen LogP contribution in [0.3, 0.4) is 0 Å². The topological polar surface area (TPSA) is 51.2 Å². The van der Waals surface area contributed by atoms with Crippen molar-refractivity contribution in [1.29, 1.82) is 0 Å².